The first-order valence-corrected chi connectivity index (χ1v) is 12.6. The molecule has 3 aliphatic rings. The van der Waals surface area contributed by atoms with Gasteiger partial charge in [-0.2, -0.15) is 8.42 Å². The van der Waals surface area contributed by atoms with Crippen molar-refractivity contribution in [3.8, 4) is 0 Å². The number of nitrogen functional groups attached to an aromatic ring is 1. The quantitative estimate of drug-likeness (QED) is 0.0868. The molecule has 3 unspecified atom stereocenters. The molecule has 3 amide bonds. The second-order valence-electron chi connectivity index (χ2n) is 8.18. The SMILES string of the molecule is NCC1CN(CC2C(NC(=O)C(=NOC3(C(=O)O)CC3)c3csc(N)n3)C(=O)N2S(=O)(=O)O)C(=O)O1. The van der Waals surface area contributed by atoms with E-state index in [4.69, 9.17) is 21.0 Å². The maximum Gasteiger partial charge on any atom is 0.410 e. The van der Waals surface area contributed by atoms with E-state index in [0.717, 1.165) is 16.2 Å². The van der Waals surface area contributed by atoms with Gasteiger partial charge in [-0.3, -0.25) is 14.1 Å². The van der Waals surface area contributed by atoms with Crippen LogP contribution in [0.2, 0.25) is 0 Å². The molecule has 2 aliphatic heterocycles. The summed E-state index contributed by atoms with van der Waals surface area (Å²) in [5.41, 5.74) is 8.89. The molecule has 3 heterocycles. The van der Waals surface area contributed by atoms with Crippen LogP contribution in [-0.2, 0) is 34.3 Å². The lowest BCUT2D eigenvalue weighted by Crippen LogP contribution is -2.74. The minimum absolute atomic E-state index is 0.00243. The zero-order chi connectivity index (χ0) is 26.4. The van der Waals surface area contributed by atoms with Gasteiger partial charge >= 0.3 is 22.4 Å². The number of aliphatic carboxylic acids is 1. The molecule has 36 heavy (non-hydrogen) atoms. The van der Waals surface area contributed by atoms with Gasteiger partial charge in [0, 0.05) is 31.3 Å². The Hall–Kier alpha value is -3.55. The Morgan fingerprint density at radius 1 is 1.39 bits per heavy atom. The maximum absolute atomic E-state index is 13.1. The lowest BCUT2D eigenvalue weighted by atomic mass is 9.97. The fraction of sp³-hybridized carbons (Fsp3) is 0.529. The number of amides is 3. The molecule has 0 spiro atoms. The molecular formula is C17H21N7O10S2. The van der Waals surface area contributed by atoms with Gasteiger partial charge in [0.1, 0.15) is 17.8 Å². The number of nitrogens with one attached hydrogen (secondary N) is 1. The molecule has 1 aromatic heterocycles. The van der Waals surface area contributed by atoms with Crippen LogP contribution in [0, 0.1) is 0 Å². The molecule has 4 rings (SSSR count). The van der Waals surface area contributed by atoms with E-state index in [0.29, 0.717) is 0 Å². The summed E-state index contributed by atoms with van der Waals surface area (Å²) in [5, 5.41) is 16.6. The third-order valence-electron chi connectivity index (χ3n) is 5.71. The Morgan fingerprint density at radius 3 is 2.58 bits per heavy atom. The zero-order valence-electron chi connectivity index (χ0n) is 18.3. The standard InChI is InChI=1S/C17H21N7O10S2/c18-3-7-4-23(16(29)33-7)5-9-11(13(26)24(9)36(30,31)32)21-12(25)10(8-6-35-15(19)20-8)22-34-17(1-2-17)14(27)28/h6-7,9,11H,1-5,18H2,(H2,19,20)(H,21,25)(H,27,28)(H,30,31,32). The number of aromatic nitrogens is 1. The summed E-state index contributed by atoms with van der Waals surface area (Å²) in [5.74, 6) is -3.53. The van der Waals surface area contributed by atoms with Crippen LogP contribution in [0.25, 0.3) is 0 Å². The van der Waals surface area contributed by atoms with Gasteiger partial charge in [-0.25, -0.2) is 18.9 Å². The predicted octanol–water partition coefficient (Wildman–Crippen LogP) is -2.66. The zero-order valence-corrected chi connectivity index (χ0v) is 19.9. The highest BCUT2D eigenvalue weighted by Gasteiger charge is 2.56. The fourth-order valence-electron chi connectivity index (χ4n) is 3.61. The summed E-state index contributed by atoms with van der Waals surface area (Å²) in [7, 11) is -5.03. The van der Waals surface area contributed by atoms with Gasteiger partial charge in [0.05, 0.1) is 12.6 Å². The summed E-state index contributed by atoms with van der Waals surface area (Å²) < 4.78 is 38.1. The minimum Gasteiger partial charge on any atom is -0.478 e. The molecule has 196 valence electrons. The van der Waals surface area contributed by atoms with Crippen molar-refractivity contribution < 1.29 is 46.8 Å². The van der Waals surface area contributed by atoms with Crippen LogP contribution in [0.5, 0.6) is 0 Å². The number of nitrogens with zero attached hydrogens (tertiary/aromatic N) is 4. The van der Waals surface area contributed by atoms with Crippen molar-refractivity contribution in [3.63, 3.8) is 0 Å². The van der Waals surface area contributed by atoms with Crippen LogP contribution in [0.15, 0.2) is 10.5 Å². The highest BCUT2D eigenvalue weighted by atomic mass is 32.2. The van der Waals surface area contributed by atoms with Crippen LogP contribution < -0.4 is 16.8 Å². The Morgan fingerprint density at radius 2 is 2.08 bits per heavy atom. The number of oxime groups is 1. The molecule has 17 nitrogen and oxygen atoms in total. The number of thiazole rings is 1. The van der Waals surface area contributed by atoms with E-state index in [1.165, 1.54) is 5.38 Å². The number of nitrogens with two attached hydrogens (primary N) is 2. The van der Waals surface area contributed by atoms with Crippen molar-refractivity contribution in [2.45, 2.75) is 36.6 Å². The van der Waals surface area contributed by atoms with E-state index in [2.05, 4.69) is 15.5 Å². The lowest BCUT2D eigenvalue weighted by molar-refractivity contribution is -0.153. The van der Waals surface area contributed by atoms with E-state index in [-0.39, 0.29) is 41.1 Å². The summed E-state index contributed by atoms with van der Waals surface area (Å²) in [6.07, 6.45) is -1.16. The Kier molecular flexibility index (Phi) is 6.49. The van der Waals surface area contributed by atoms with Gasteiger partial charge in [-0.1, -0.05) is 5.16 Å². The topological polar surface area (TPSA) is 257 Å². The molecule has 3 fully saturated rings. The molecule has 0 aromatic carbocycles. The van der Waals surface area contributed by atoms with Crippen LogP contribution in [-0.4, -0.2) is 105 Å². The molecule has 19 heteroatoms. The lowest BCUT2D eigenvalue weighted by Gasteiger charge is -2.45. The number of carboxylic acids is 1. The Balaban J connectivity index is 1.56. The Labute approximate surface area is 206 Å². The van der Waals surface area contributed by atoms with Gasteiger partial charge in [-0.05, 0) is 0 Å². The van der Waals surface area contributed by atoms with Crippen molar-refractivity contribution in [1.29, 1.82) is 0 Å². The number of carbonyl (C=O) groups is 4. The molecule has 1 saturated carbocycles. The number of cyclic esters (lactones) is 1. The largest absolute Gasteiger partial charge is 0.478 e. The predicted molar refractivity (Wildman–Crippen MR) is 119 cm³/mol. The first-order valence-electron chi connectivity index (χ1n) is 10.3. The van der Waals surface area contributed by atoms with Crippen molar-refractivity contribution >= 4 is 56.4 Å². The number of hydrogen-bond donors (Lipinski definition) is 5. The van der Waals surface area contributed by atoms with Crippen LogP contribution >= 0.6 is 11.3 Å². The molecule has 0 bridgehead atoms. The second kappa shape index (κ2) is 9.15. The first-order chi connectivity index (χ1) is 16.9. The molecule has 7 N–H and O–H groups in total. The van der Waals surface area contributed by atoms with Crippen LogP contribution in [0.3, 0.4) is 0 Å². The number of carbonyl (C=O) groups excluding carboxylic acids is 3. The first kappa shape index (κ1) is 25.5. The molecule has 1 aliphatic carbocycles. The van der Waals surface area contributed by atoms with Gasteiger partial charge < -0.3 is 36.4 Å². The maximum atomic E-state index is 13.1. The van der Waals surface area contributed by atoms with Gasteiger partial charge in [0.25, 0.3) is 11.8 Å². The average molecular weight is 548 g/mol. The average Bonchev–Trinajstić information content (AvgIpc) is 3.34. The van der Waals surface area contributed by atoms with Crippen molar-refractivity contribution in [2.75, 3.05) is 25.4 Å². The molecule has 0 radical (unpaired) electrons. The van der Waals surface area contributed by atoms with E-state index < -0.39 is 70.2 Å². The highest BCUT2D eigenvalue weighted by molar-refractivity contribution is 7.84. The van der Waals surface area contributed by atoms with Crippen molar-refractivity contribution in [3.05, 3.63) is 11.1 Å². The van der Waals surface area contributed by atoms with Crippen molar-refractivity contribution in [1.82, 2.24) is 19.5 Å². The number of β-lactam (4-membered cyclic amide) rings is 1. The van der Waals surface area contributed by atoms with Gasteiger partial charge in [-0.15, -0.1) is 11.3 Å². The van der Waals surface area contributed by atoms with Crippen LogP contribution in [0.4, 0.5) is 9.93 Å². The minimum atomic E-state index is -5.03. The molecule has 3 atom stereocenters. The third kappa shape index (κ3) is 4.76. The molecule has 1 aromatic rings. The van der Waals surface area contributed by atoms with E-state index in [1.807, 2.05) is 0 Å². The smallest absolute Gasteiger partial charge is 0.410 e. The van der Waals surface area contributed by atoms with Gasteiger partial charge in [0.2, 0.25) is 5.60 Å². The summed E-state index contributed by atoms with van der Waals surface area (Å²) in [4.78, 5) is 59.1. The summed E-state index contributed by atoms with van der Waals surface area (Å²) in [6.45, 7) is -0.418. The number of hydrogen-bond acceptors (Lipinski definition) is 13. The normalized spacial score (nSPS) is 25.3. The van der Waals surface area contributed by atoms with E-state index in [1.54, 1.807) is 0 Å². The summed E-state index contributed by atoms with van der Waals surface area (Å²) >= 11 is 0.951. The molecular weight excluding hydrogens is 526 g/mol. The Bertz CT molecular complexity index is 1240. The number of carboxylic acid groups (broad SMARTS) is 1. The number of ether oxygens (including phenoxy) is 1. The number of anilines is 1. The van der Waals surface area contributed by atoms with E-state index >= 15 is 0 Å². The summed E-state index contributed by atoms with van der Waals surface area (Å²) in [6, 6.07) is -2.91. The van der Waals surface area contributed by atoms with Crippen LogP contribution in [0.1, 0.15) is 18.5 Å². The monoisotopic (exact) mass is 547 g/mol. The molecule has 2 saturated heterocycles. The highest BCUT2D eigenvalue weighted by Crippen LogP contribution is 2.40. The second-order valence-corrected chi connectivity index (χ2v) is 10.4. The fourth-order valence-corrected chi connectivity index (χ4v) is 5.03. The third-order valence-corrected chi connectivity index (χ3v) is 7.33. The van der Waals surface area contributed by atoms with E-state index in [9.17, 15) is 37.3 Å². The number of rotatable bonds is 10. The van der Waals surface area contributed by atoms with Crippen molar-refractivity contribution in [2.24, 2.45) is 10.9 Å². The van der Waals surface area contributed by atoms with Gasteiger partial charge in [0.15, 0.2) is 10.8 Å².